The summed E-state index contributed by atoms with van der Waals surface area (Å²) < 4.78 is 10.5. The summed E-state index contributed by atoms with van der Waals surface area (Å²) in [6, 6.07) is 9.56. The first-order chi connectivity index (χ1) is 12.1. The van der Waals surface area contributed by atoms with E-state index in [4.69, 9.17) is 9.47 Å². The molecule has 2 rings (SSSR count). The number of nitrogens with zero attached hydrogens (tertiary/aromatic N) is 1. The number of benzene rings is 1. The highest BCUT2D eigenvalue weighted by Gasteiger charge is 2.29. The molecule has 0 atom stereocenters. The Bertz CT molecular complexity index is 548. The molecule has 138 valence electrons. The van der Waals surface area contributed by atoms with Crippen molar-refractivity contribution in [3.05, 3.63) is 48.2 Å². The van der Waals surface area contributed by atoms with E-state index in [-0.39, 0.29) is 30.2 Å². The van der Waals surface area contributed by atoms with Crippen molar-refractivity contribution in [2.75, 3.05) is 19.7 Å². The molecule has 1 heterocycles. The molecule has 1 aromatic carbocycles. The van der Waals surface area contributed by atoms with Crippen LogP contribution < -0.4 is 0 Å². The number of piperidine rings is 1. The Kier molecular flexibility index (Phi) is 9.37. The number of amides is 1. The molecule has 5 heteroatoms. The second-order valence-electron chi connectivity index (χ2n) is 5.52. The van der Waals surface area contributed by atoms with Gasteiger partial charge in [0.1, 0.15) is 6.61 Å². The van der Waals surface area contributed by atoms with Crippen molar-refractivity contribution in [2.45, 2.75) is 40.2 Å². The van der Waals surface area contributed by atoms with Crippen LogP contribution in [-0.2, 0) is 20.9 Å². The molecule has 0 N–H and O–H groups in total. The first-order valence-electron chi connectivity index (χ1n) is 8.93. The number of rotatable bonds is 6. The highest BCUT2D eigenvalue weighted by molar-refractivity contribution is 5.94. The molecule has 0 radical (unpaired) electrons. The molecular formula is C20H29NO4. The first-order valence-corrected chi connectivity index (χ1v) is 8.93. The minimum atomic E-state index is -0.330. The lowest BCUT2D eigenvalue weighted by Gasteiger charge is -2.30. The smallest absolute Gasteiger partial charge is 0.410 e. The molecular weight excluding hydrogens is 318 g/mol. The van der Waals surface area contributed by atoms with Gasteiger partial charge in [-0.2, -0.15) is 0 Å². The zero-order valence-corrected chi connectivity index (χ0v) is 15.5. The summed E-state index contributed by atoms with van der Waals surface area (Å²) in [5.41, 5.74) is 0.957. The van der Waals surface area contributed by atoms with Gasteiger partial charge in [0.2, 0.25) is 0 Å². The van der Waals surface area contributed by atoms with E-state index >= 15 is 0 Å². The van der Waals surface area contributed by atoms with Gasteiger partial charge < -0.3 is 14.4 Å². The number of carbonyl (C=O) groups excluding carboxylic acids is 2. The van der Waals surface area contributed by atoms with Gasteiger partial charge in [0.25, 0.3) is 0 Å². The highest BCUT2D eigenvalue weighted by Crippen LogP contribution is 2.22. The van der Waals surface area contributed by atoms with Crippen molar-refractivity contribution in [3.63, 3.8) is 0 Å². The number of ether oxygens (including phenoxy) is 2. The molecule has 1 aliphatic rings. The minimum Gasteiger partial charge on any atom is -0.491 e. The lowest BCUT2D eigenvalue weighted by Crippen LogP contribution is -2.40. The Morgan fingerprint density at radius 2 is 1.72 bits per heavy atom. The predicted molar refractivity (Wildman–Crippen MR) is 98.0 cm³/mol. The Morgan fingerprint density at radius 1 is 1.12 bits per heavy atom. The summed E-state index contributed by atoms with van der Waals surface area (Å²) in [6.07, 6.45) is 0.903. The SMILES string of the molecule is C=C(OCC)C(=O)C1CCN(C(=O)OCc2ccccc2)CC1.CC. The fourth-order valence-electron chi connectivity index (χ4n) is 2.61. The molecule has 0 spiro atoms. The summed E-state index contributed by atoms with van der Waals surface area (Å²) in [4.78, 5) is 25.8. The van der Waals surface area contributed by atoms with Gasteiger partial charge >= 0.3 is 6.09 Å². The number of hydrogen-bond donors (Lipinski definition) is 0. The standard InChI is InChI=1S/C18H23NO4.C2H6/c1-3-22-14(2)17(20)16-9-11-19(12-10-16)18(21)23-13-15-7-5-4-6-8-15;1-2/h4-8,16H,2-3,9-13H2,1H3;1-2H3. The fourth-order valence-corrected chi connectivity index (χ4v) is 2.61. The Hall–Kier alpha value is -2.30. The summed E-state index contributed by atoms with van der Waals surface area (Å²) in [6.45, 7) is 11.2. The highest BCUT2D eigenvalue weighted by atomic mass is 16.6. The van der Waals surface area contributed by atoms with E-state index in [2.05, 4.69) is 6.58 Å². The van der Waals surface area contributed by atoms with E-state index in [0.29, 0.717) is 32.5 Å². The summed E-state index contributed by atoms with van der Waals surface area (Å²) in [7, 11) is 0. The van der Waals surface area contributed by atoms with Crippen LogP contribution in [-0.4, -0.2) is 36.5 Å². The third-order valence-electron chi connectivity index (χ3n) is 3.92. The first kappa shape index (κ1) is 20.7. The van der Waals surface area contributed by atoms with E-state index in [1.807, 2.05) is 51.1 Å². The average molecular weight is 347 g/mol. The van der Waals surface area contributed by atoms with Gasteiger partial charge in [-0.1, -0.05) is 50.8 Å². The van der Waals surface area contributed by atoms with Crippen molar-refractivity contribution < 1.29 is 19.1 Å². The van der Waals surface area contributed by atoms with Crippen molar-refractivity contribution in [2.24, 2.45) is 5.92 Å². The molecule has 5 nitrogen and oxygen atoms in total. The van der Waals surface area contributed by atoms with E-state index in [0.717, 1.165) is 5.56 Å². The number of allylic oxidation sites excluding steroid dienone is 1. The molecule has 0 aromatic heterocycles. The van der Waals surface area contributed by atoms with Crippen LogP contribution in [0, 0.1) is 5.92 Å². The van der Waals surface area contributed by atoms with Crippen molar-refractivity contribution in [1.29, 1.82) is 0 Å². The molecule has 1 aromatic rings. The molecule has 1 saturated heterocycles. The Morgan fingerprint density at radius 3 is 2.28 bits per heavy atom. The van der Waals surface area contributed by atoms with Crippen molar-refractivity contribution in [1.82, 2.24) is 4.90 Å². The second kappa shape index (κ2) is 11.3. The molecule has 1 fully saturated rings. The second-order valence-corrected chi connectivity index (χ2v) is 5.52. The van der Waals surface area contributed by atoms with Crippen LogP contribution in [0.2, 0.25) is 0 Å². The van der Waals surface area contributed by atoms with Gasteiger partial charge in [-0.05, 0) is 25.3 Å². The van der Waals surface area contributed by atoms with E-state index in [1.54, 1.807) is 4.90 Å². The quantitative estimate of drug-likeness (QED) is 0.572. The van der Waals surface area contributed by atoms with Crippen LogP contribution in [0.4, 0.5) is 4.79 Å². The van der Waals surface area contributed by atoms with Crippen LogP contribution in [0.5, 0.6) is 0 Å². The molecule has 0 aliphatic carbocycles. The Balaban J connectivity index is 0.00000151. The predicted octanol–water partition coefficient (Wildman–Crippen LogP) is 4.18. The number of hydrogen-bond acceptors (Lipinski definition) is 4. The van der Waals surface area contributed by atoms with Crippen LogP contribution in [0.15, 0.2) is 42.7 Å². The van der Waals surface area contributed by atoms with Crippen LogP contribution in [0.1, 0.15) is 39.2 Å². The van der Waals surface area contributed by atoms with E-state index < -0.39 is 0 Å². The number of carbonyl (C=O) groups is 2. The summed E-state index contributed by atoms with van der Waals surface area (Å²) >= 11 is 0. The number of likely N-dealkylation sites (tertiary alicyclic amines) is 1. The van der Waals surface area contributed by atoms with Crippen LogP contribution in [0.25, 0.3) is 0 Å². The van der Waals surface area contributed by atoms with E-state index in [1.165, 1.54) is 0 Å². The average Bonchev–Trinajstić information content (AvgIpc) is 2.68. The minimum absolute atomic E-state index is 0.0517. The lowest BCUT2D eigenvalue weighted by molar-refractivity contribution is -0.123. The normalized spacial score (nSPS) is 14.1. The van der Waals surface area contributed by atoms with Gasteiger partial charge in [0.15, 0.2) is 11.5 Å². The van der Waals surface area contributed by atoms with Gasteiger partial charge in [0.05, 0.1) is 6.61 Å². The maximum Gasteiger partial charge on any atom is 0.410 e. The fraction of sp³-hybridized carbons (Fsp3) is 0.500. The number of ketones is 1. The maximum atomic E-state index is 12.1. The van der Waals surface area contributed by atoms with Gasteiger partial charge in [0, 0.05) is 19.0 Å². The zero-order valence-electron chi connectivity index (χ0n) is 15.5. The maximum absolute atomic E-state index is 12.1. The monoisotopic (exact) mass is 347 g/mol. The molecule has 0 saturated carbocycles. The topological polar surface area (TPSA) is 55.8 Å². The van der Waals surface area contributed by atoms with Crippen LogP contribution in [0.3, 0.4) is 0 Å². The third-order valence-corrected chi connectivity index (χ3v) is 3.92. The zero-order chi connectivity index (χ0) is 18.7. The molecule has 0 unspecified atom stereocenters. The van der Waals surface area contributed by atoms with Gasteiger partial charge in [-0.15, -0.1) is 0 Å². The number of Topliss-reactive ketones (excluding diaryl/α,β-unsaturated/α-hetero) is 1. The van der Waals surface area contributed by atoms with Crippen molar-refractivity contribution in [3.8, 4) is 0 Å². The largest absolute Gasteiger partial charge is 0.491 e. The van der Waals surface area contributed by atoms with Gasteiger partial charge in [-0.25, -0.2) is 4.79 Å². The third kappa shape index (κ3) is 6.61. The van der Waals surface area contributed by atoms with Crippen molar-refractivity contribution >= 4 is 11.9 Å². The molecule has 25 heavy (non-hydrogen) atoms. The summed E-state index contributed by atoms with van der Waals surface area (Å²) in [5.74, 6) is 0.0500. The Labute approximate surface area is 150 Å². The molecule has 1 amide bonds. The van der Waals surface area contributed by atoms with Gasteiger partial charge in [-0.3, -0.25) is 4.79 Å². The van der Waals surface area contributed by atoms with Crippen LogP contribution >= 0.6 is 0 Å². The summed E-state index contributed by atoms with van der Waals surface area (Å²) in [5, 5.41) is 0. The van der Waals surface area contributed by atoms with E-state index in [9.17, 15) is 9.59 Å². The molecule has 0 bridgehead atoms. The molecule has 1 aliphatic heterocycles. The lowest BCUT2D eigenvalue weighted by atomic mass is 9.92.